The largest absolute Gasteiger partial charge is 0.466 e. The van der Waals surface area contributed by atoms with Crippen LogP contribution in [0.25, 0.3) is 0 Å². The Kier molecular flexibility index (Phi) is 4.79. The van der Waals surface area contributed by atoms with E-state index in [0.29, 0.717) is 10.0 Å². The molecule has 4 heteroatoms. The van der Waals surface area contributed by atoms with E-state index in [0.717, 1.165) is 17.1 Å². The summed E-state index contributed by atoms with van der Waals surface area (Å²) in [7, 11) is 0. The van der Waals surface area contributed by atoms with E-state index < -0.39 is 0 Å². The van der Waals surface area contributed by atoms with E-state index in [1.165, 1.54) is 5.56 Å². The van der Waals surface area contributed by atoms with Crippen LogP contribution in [0, 0.1) is 13.8 Å². The summed E-state index contributed by atoms with van der Waals surface area (Å²) in [6.45, 7) is 8.14. The van der Waals surface area contributed by atoms with Crippen molar-refractivity contribution in [3.63, 3.8) is 0 Å². The summed E-state index contributed by atoms with van der Waals surface area (Å²) in [5.41, 5.74) is 2.18. The Bertz CT molecular complexity index is 607. The maximum atomic E-state index is 6.26. The van der Waals surface area contributed by atoms with Crippen LogP contribution < -0.4 is 5.32 Å². The van der Waals surface area contributed by atoms with Crippen LogP contribution in [0.15, 0.2) is 28.7 Å². The number of halogens is 2. The van der Waals surface area contributed by atoms with Gasteiger partial charge in [0.25, 0.3) is 0 Å². The number of nitrogens with one attached hydrogen (secondary N) is 1. The third-order valence-electron chi connectivity index (χ3n) is 3.49. The molecule has 2 nitrogen and oxygen atoms in total. The third-order valence-corrected chi connectivity index (χ3v) is 4.33. The van der Waals surface area contributed by atoms with Crippen molar-refractivity contribution in [2.75, 3.05) is 0 Å². The Labute approximate surface area is 130 Å². The topological polar surface area (TPSA) is 25.2 Å². The molecule has 0 saturated carbocycles. The molecular weight excluding hydrogens is 293 g/mol. The van der Waals surface area contributed by atoms with Gasteiger partial charge in [-0.15, -0.1) is 0 Å². The average molecular weight is 312 g/mol. The highest BCUT2D eigenvalue weighted by molar-refractivity contribution is 6.42. The molecule has 1 aromatic carbocycles. The maximum Gasteiger partial charge on any atom is 0.105 e. The van der Waals surface area contributed by atoms with Crippen LogP contribution >= 0.6 is 23.2 Å². The molecule has 0 aliphatic heterocycles. The van der Waals surface area contributed by atoms with Crippen LogP contribution in [-0.2, 0) is 0 Å². The third kappa shape index (κ3) is 3.20. The van der Waals surface area contributed by atoms with Crippen molar-refractivity contribution in [1.82, 2.24) is 5.32 Å². The lowest BCUT2D eigenvalue weighted by molar-refractivity contribution is 0.469. The smallest absolute Gasteiger partial charge is 0.105 e. The SMILES string of the molecule is Cc1cc(C(C)NC(C)c2cccc(Cl)c2Cl)c(C)o1. The summed E-state index contributed by atoms with van der Waals surface area (Å²) in [6.07, 6.45) is 0. The maximum absolute atomic E-state index is 6.26. The van der Waals surface area contributed by atoms with Crippen molar-refractivity contribution >= 4 is 23.2 Å². The molecule has 1 heterocycles. The van der Waals surface area contributed by atoms with Gasteiger partial charge in [0.05, 0.1) is 10.0 Å². The van der Waals surface area contributed by atoms with E-state index in [9.17, 15) is 0 Å². The molecule has 2 aromatic rings. The van der Waals surface area contributed by atoms with Crippen molar-refractivity contribution in [1.29, 1.82) is 0 Å². The van der Waals surface area contributed by atoms with Crippen molar-refractivity contribution in [3.05, 3.63) is 57.0 Å². The molecule has 0 aliphatic carbocycles. The highest BCUT2D eigenvalue weighted by Crippen LogP contribution is 2.31. The zero-order valence-electron chi connectivity index (χ0n) is 12.1. The van der Waals surface area contributed by atoms with Crippen molar-refractivity contribution in [2.24, 2.45) is 0 Å². The van der Waals surface area contributed by atoms with Crippen LogP contribution in [0.2, 0.25) is 10.0 Å². The van der Waals surface area contributed by atoms with Crippen LogP contribution in [0.3, 0.4) is 0 Å². The van der Waals surface area contributed by atoms with Gasteiger partial charge in [0, 0.05) is 17.6 Å². The quantitative estimate of drug-likeness (QED) is 0.793. The number of benzene rings is 1. The van der Waals surface area contributed by atoms with Gasteiger partial charge >= 0.3 is 0 Å². The summed E-state index contributed by atoms with van der Waals surface area (Å²) < 4.78 is 5.58. The average Bonchev–Trinajstić information content (AvgIpc) is 2.71. The van der Waals surface area contributed by atoms with E-state index >= 15 is 0 Å². The molecule has 0 saturated heterocycles. The van der Waals surface area contributed by atoms with Gasteiger partial charge in [0.15, 0.2) is 0 Å². The summed E-state index contributed by atoms with van der Waals surface area (Å²) in [6, 6.07) is 8.06. The number of aryl methyl sites for hydroxylation is 2. The first kappa shape index (κ1) is 15.4. The van der Waals surface area contributed by atoms with E-state index in [-0.39, 0.29) is 12.1 Å². The first-order chi connectivity index (χ1) is 9.40. The first-order valence-electron chi connectivity index (χ1n) is 6.67. The molecule has 0 bridgehead atoms. The van der Waals surface area contributed by atoms with Crippen LogP contribution in [0.5, 0.6) is 0 Å². The molecule has 0 amide bonds. The highest BCUT2D eigenvalue weighted by Gasteiger charge is 2.17. The zero-order chi connectivity index (χ0) is 14.9. The van der Waals surface area contributed by atoms with Gasteiger partial charge in [-0.3, -0.25) is 0 Å². The molecule has 108 valence electrons. The normalized spacial score (nSPS) is 14.3. The van der Waals surface area contributed by atoms with E-state index in [1.807, 2.05) is 26.0 Å². The Hall–Kier alpha value is -0.960. The predicted molar refractivity (Wildman–Crippen MR) is 84.6 cm³/mol. The monoisotopic (exact) mass is 311 g/mol. The number of rotatable bonds is 4. The standard InChI is InChI=1S/C16H19Cl2NO/c1-9-8-14(12(4)20-9)11(3)19-10(2)13-6-5-7-15(17)16(13)18/h5-8,10-11,19H,1-4H3. The fourth-order valence-corrected chi connectivity index (χ4v) is 2.96. The molecule has 0 aliphatic rings. The van der Waals surface area contributed by atoms with Gasteiger partial charge in [-0.1, -0.05) is 35.3 Å². The number of hydrogen-bond acceptors (Lipinski definition) is 2. The lowest BCUT2D eigenvalue weighted by Gasteiger charge is -2.21. The highest BCUT2D eigenvalue weighted by atomic mass is 35.5. The Morgan fingerprint density at radius 2 is 1.70 bits per heavy atom. The molecular formula is C16H19Cl2NO. The molecule has 0 spiro atoms. The minimum atomic E-state index is 0.103. The summed E-state index contributed by atoms with van der Waals surface area (Å²) in [5.74, 6) is 1.88. The molecule has 2 rings (SSSR count). The zero-order valence-corrected chi connectivity index (χ0v) is 13.6. The second-order valence-electron chi connectivity index (χ2n) is 5.12. The fourth-order valence-electron chi connectivity index (χ4n) is 2.49. The summed E-state index contributed by atoms with van der Waals surface area (Å²) in [4.78, 5) is 0. The second kappa shape index (κ2) is 6.21. The van der Waals surface area contributed by atoms with Gasteiger partial charge in [0.2, 0.25) is 0 Å². The van der Waals surface area contributed by atoms with Gasteiger partial charge in [-0.2, -0.15) is 0 Å². The molecule has 1 N–H and O–H groups in total. The molecule has 0 radical (unpaired) electrons. The lowest BCUT2D eigenvalue weighted by atomic mass is 10.0. The first-order valence-corrected chi connectivity index (χ1v) is 7.42. The minimum Gasteiger partial charge on any atom is -0.466 e. The summed E-state index contributed by atoms with van der Waals surface area (Å²) in [5, 5.41) is 4.73. The molecule has 2 atom stereocenters. The summed E-state index contributed by atoms with van der Waals surface area (Å²) >= 11 is 12.3. The van der Waals surface area contributed by atoms with Crippen molar-refractivity contribution in [3.8, 4) is 0 Å². The minimum absolute atomic E-state index is 0.103. The van der Waals surface area contributed by atoms with Crippen LogP contribution in [-0.4, -0.2) is 0 Å². The fraction of sp³-hybridized carbons (Fsp3) is 0.375. The van der Waals surface area contributed by atoms with E-state index in [1.54, 1.807) is 6.07 Å². The molecule has 0 fully saturated rings. The molecule has 1 aromatic heterocycles. The van der Waals surface area contributed by atoms with Crippen molar-refractivity contribution < 1.29 is 4.42 Å². The Balaban J connectivity index is 2.17. The van der Waals surface area contributed by atoms with Gasteiger partial charge < -0.3 is 9.73 Å². The van der Waals surface area contributed by atoms with Gasteiger partial charge in [-0.25, -0.2) is 0 Å². The van der Waals surface area contributed by atoms with Crippen molar-refractivity contribution in [2.45, 2.75) is 39.8 Å². The van der Waals surface area contributed by atoms with Gasteiger partial charge in [0.1, 0.15) is 11.5 Å². The predicted octanol–water partition coefficient (Wildman–Crippen LogP) is 5.62. The second-order valence-corrected chi connectivity index (χ2v) is 5.91. The van der Waals surface area contributed by atoms with Crippen LogP contribution in [0.4, 0.5) is 0 Å². The Morgan fingerprint density at radius 1 is 1.05 bits per heavy atom. The molecule has 20 heavy (non-hydrogen) atoms. The van der Waals surface area contributed by atoms with E-state index in [2.05, 4.69) is 25.2 Å². The van der Waals surface area contributed by atoms with Gasteiger partial charge in [-0.05, 0) is 45.4 Å². The van der Waals surface area contributed by atoms with Crippen LogP contribution in [0.1, 0.15) is 48.6 Å². The lowest BCUT2D eigenvalue weighted by Crippen LogP contribution is -2.23. The number of furan rings is 1. The number of hydrogen-bond donors (Lipinski definition) is 1. The Morgan fingerprint density at radius 3 is 2.30 bits per heavy atom. The molecule has 2 unspecified atom stereocenters. The van der Waals surface area contributed by atoms with E-state index in [4.69, 9.17) is 27.6 Å².